The number of nitrogens with one attached hydrogen (secondary N) is 2. The molecule has 0 aliphatic heterocycles. The van der Waals surface area contributed by atoms with Crippen LogP contribution in [0.5, 0.6) is 0 Å². The average Bonchev–Trinajstić information content (AvgIpc) is 3.32. The third kappa shape index (κ3) is 5.04. The van der Waals surface area contributed by atoms with Gasteiger partial charge in [0.2, 0.25) is 5.91 Å². The Kier molecular flexibility index (Phi) is 6.03. The van der Waals surface area contributed by atoms with Crippen molar-refractivity contribution in [2.75, 3.05) is 5.32 Å². The van der Waals surface area contributed by atoms with Gasteiger partial charge < -0.3 is 9.73 Å². The number of rotatable bonds is 7. The number of benzene rings is 1. The molecule has 27 heavy (non-hydrogen) atoms. The minimum Gasteiger partial charge on any atom is -0.459 e. The summed E-state index contributed by atoms with van der Waals surface area (Å²) < 4.78 is 5.05. The topological polar surface area (TPSA) is 84.2 Å². The zero-order valence-electron chi connectivity index (χ0n) is 15.1. The van der Waals surface area contributed by atoms with Crippen molar-refractivity contribution in [2.45, 2.75) is 26.3 Å². The van der Waals surface area contributed by atoms with E-state index in [1.807, 2.05) is 30.3 Å². The van der Waals surface area contributed by atoms with Crippen LogP contribution in [0.2, 0.25) is 0 Å². The van der Waals surface area contributed by atoms with Gasteiger partial charge in [0.1, 0.15) is 0 Å². The lowest BCUT2D eigenvalue weighted by Gasteiger charge is -2.22. The number of amides is 2. The predicted molar refractivity (Wildman–Crippen MR) is 105 cm³/mol. The SMILES string of the molecule is CC(C)C(NC(=O)Cc1csc(NC(=O)c2ccco2)n1)c1ccccc1. The molecular formula is C20H21N3O3S. The average molecular weight is 383 g/mol. The first-order chi connectivity index (χ1) is 13.0. The Morgan fingerprint density at radius 3 is 2.59 bits per heavy atom. The molecule has 0 bridgehead atoms. The number of aromatic nitrogens is 1. The first kappa shape index (κ1) is 18.8. The van der Waals surface area contributed by atoms with Gasteiger partial charge in [-0.2, -0.15) is 0 Å². The molecule has 140 valence electrons. The molecule has 0 radical (unpaired) electrons. The third-order valence-electron chi connectivity index (χ3n) is 4.00. The number of hydrogen-bond acceptors (Lipinski definition) is 5. The van der Waals surface area contributed by atoms with Gasteiger partial charge in [-0.25, -0.2) is 4.98 Å². The van der Waals surface area contributed by atoms with Crippen LogP contribution in [0.1, 0.15) is 41.7 Å². The molecular weight excluding hydrogens is 362 g/mol. The first-order valence-corrected chi connectivity index (χ1v) is 9.54. The second-order valence-corrected chi connectivity index (χ2v) is 7.31. The first-order valence-electron chi connectivity index (χ1n) is 8.66. The molecule has 2 amide bonds. The van der Waals surface area contributed by atoms with E-state index >= 15 is 0 Å². The smallest absolute Gasteiger partial charge is 0.293 e. The summed E-state index contributed by atoms with van der Waals surface area (Å²) in [7, 11) is 0. The van der Waals surface area contributed by atoms with E-state index < -0.39 is 0 Å². The van der Waals surface area contributed by atoms with E-state index in [0.29, 0.717) is 10.8 Å². The summed E-state index contributed by atoms with van der Waals surface area (Å²) in [6, 6.07) is 13.1. The Bertz CT molecular complexity index is 888. The van der Waals surface area contributed by atoms with E-state index in [2.05, 4.69) is 29.5 Å². The van der Waals surface area contributed by atoms with E-state index in [1.54, 1.807) is 17.5 Å². The van der Waals surface area contributed by atoms with Crippen molar-refractivity contribution in [3.05, 3.63) is 71.1 Å². The molecule has 2 aromatic heterocycles. The quantitative estimate of drug-likeness (QED) is 0.645. The third-order valence-corrected chi connectivity index (χ3v) is 4.81. The molecule has 0 saturated carbocycles. The molecule has 2 N–H and O–H groups in total. The summed E-state index contributed by atoms with van der Waals surface area (Å²) in [6.07, 6.45) is 1.59. The second-order valence-electron chi connectivity index (χ2n) is 6.45. The standard InChI is InChI=1S/C20H21N3O3S/c1-13(2)18(14-7-4-3-5-8-14)22-17(24)11-15-12-27-20(21-15)23-19(25)16-9-6-10-26-16/h3-10,12-13,18H,11H2,1-2H3,(H,22,24)(H,21,23,25). The fourth-order valence-electron chi connectivity index (χ4n) is 2.70. The van der Waals surface area contributed by atoms with Gasteiger partial charge in [0.05, 0.1) is 24.4 Å². The molecule has 1 atom stereocenters. The monoisotopic (exact) mass is 383 g/mol. The van der Waals surface area contributed by atoms with E-state index in [-0.39, 0.29) is 36.0 Å². The van der Waals surface area contributed by atoms with Gasteiger partial charge in [-0.1, -0.05) is 44.2 Å². The molecule has 0 saturated heterocycles. The predicted octanol–water partition coefficient (Wildman–Crippen LogP) is 4.04. The summed E-state index contributed by atoms with van der Waals surface area (Å²) >= 11 is 1.27. The van der Waals surface area contributed by atoms with Gasteiger partial charge >= 0.3 is 0 Å². The van der Waals surface area contributed by atoms with E-state index in [0.717, 1.165) is 5.56 Å². The minimum absolute atomic E-state index is 0.0598. The molecule has 3 aromatic rings. The van der Waals surface area contributed by atoms with Crippen LogP contribution < -0.4 is 10.6 Å². The van der Waals surface area contributed by atoms with Crippen LogP contribution in [0.3, 0.4) is 0 Å². The summed E-state index contributed by atoms with van der Waals surface area (Å²) in [5, 5.41) is 7.94. The molecule has 1 aromatic carbocycles. The van der Waals surface area contributed by atoms with Crippen LogP contribution >= 0.6 is 11.3 Å². The van der Waals surface area contributed by atoms with Crippen molar-refractivity contribution < 1.29 is 14.0 Å². The fraction of sp³-hybridized carbons (Fsp3) is 0.250. The number of carbonyl (C=O) groups is 2. The fourth-order valence-corrected chi connectivity index (χ4v) is 3.40. The van der Waals surface area contributed by atoms with Crippen LogP contribution in [0.15, 0.2) is 58.5 Å². The summed E-state index contributed by atoms with van der Waals surface area (Å²) in [5.74, 6) is 0.00289. The summed E-state index contributed by atoms with van der Waals surface area (Å²) in [6.45, 7) is 4.14. The van der Waals surface area contributed by atoms with Crippen LogP contribution in [0.4, 0.5) is 5.13 Å². The Labute approximate surface area is 161 Å². The molecule has 0 spiro atoms. The highest BCUT2D eigenvalue weighted by atomic mass is 32.1. The Morgan fingerprint density at radius 2 is 1.93 bits per heavy atom. The zero-order chi connectivity index (χ0) is 19.2. The molecule has 7 heteroatoms. The number of furan rings is 1. The highest BCUT2D eigenvalue weighted by Gasteiger charge is 2.19. The second kappa shape index (κ2) is 8.64. The zero-order valence-corrected chi connectivity index (χ0v) is 16.0. The van der Waals surface area contributed by atoms with Crippen molar-refractivity contribution in [1.29, 1.82) is 0 Å². The molecule has 6 nitrogen and oxygen atoms in total. The van der Waals surface area contributed by atoms with Crippen LogP contribution in [0, 0.1) is 5.92 Å². The maximum absolute atomic E-state index is 12.5. The largest absolute Gasteiger partial charge is 0.459 e. The van der Waals surface area contributed by atoms with E-state index in [4.69, 9.17) is 4.42 Å². The van der Waals surface area contributed by atoms with Crippen molar-refractivity contribution >= 4 is 28.3 Å². The lowest BCUT2D eigenvalue weighted by atomic mass is 9.96. The highest BCUT2D eigenvalue weighted by Crippen LogP contribution is 2.22. The van der Waals surface area contributed by atoms with Crippen LogP contribution in [-0.4, -0.2) is 16.8 Å². The molecule has 0 aliphatic rings. The van der Waals surface area contributed by atoms with Crippen molar-refractivity contribution in [3.63, 3.8) is 0 Å². The van der Waals surface area contributed by atoms with Crippen LogP contribution in [-0.2, 0) is 11.2 Å². The molecule has 0 aliphatic carbocycles. The van der Waals surface area contributed by atoms with Gasteiger partial charge in [0, 0.05) is 5.38 Å². The van der Waals surface area contributed by atoms with Crippen molar-refractivity contribution in [1.82, 2.24) is 10.3 Å². The number of anilines is 1. The van der Waals surface area contributed by atoms with Crippen molar-refractivity contribution in [2.24, 2.45) is 5.92 Å². The molecule has 3 rings (SSSR count). The number of thiazole rings is 1. The lowest BCUT2D eigenvalue weighted by Crippen LogP contribution is -2.32. The molecule has 2 heterocycles. The highest BCUT2D eigenvalue weighted by molar-refractivity contribution is 7.14. The number of hydrogen-bond donors (Lipinski definition) is 2. The van der Waals surface area contributed by atoms with E-state index in [1.165, 1.54) is 17.6 Å². The van der Waals surface area contributed by atoms with E-state index in [9.17, 15) is 9.59 Å². The molecule has 0 fully saturated rings. The van der Waals surface area contributed by atoms with Gasteiger partial charge in [-0.3, -0.25) is 14.9 Å². The van der Waals surface area contributed by atoms with Crippen molar-refractivity contribution in [3.8, 4) is 0 Å². The van der Waals surface area contributed by atoms with Crippen LogP contribution in [0.25, 0.3) is 0 Å². The Hall–Kier alpha value is -2.93. The van der Waals surface area contributed by atoms with Gasteiger partial charge in [-0.05, 0) is 23.6 Å². The summed E-state index contributed by atoms with van der Waals surface area (Å²) in [5.41, 5.74) is 1.69. The lowest BCUT2D eigenvalue weighted by molar-refractivity contribution is -0.121. The van der Waals surface area contributed by atoms with Gasteiger partial charge in [0.25, 0.3) is 5.91 Å². The maximum atomic E-state index is 12.5. The maximum Gasteiger partial charge on any atom is 0.293 e. The normalized spacial score (nSPS) is 12.0. The minimum atomic E-state index is -0.366. The number of nitrogens with zero attached hydrogens (tertiary/aromatic N) is 1. The molecule has 1 unspecified atom stereocenters. The van der Waals surface area contributed by atoms with Gasteiger partial charge in [-0.15, -0.1) is 11.3 Å². The van der Waals surface area contributed by atoms with Gasteiger partial charge in [0.15, 0.2) is 10.9 Å². The Morgan fingerprint density at radius 1 is 1.15 bits per heavy atom. The Balaban J connectivity index is 1.59. The summed E-state index contributed by atoms with van der Waals surface area (Å²) in [4.78, 5) is 28.7. The number of carbonyl (C=O) groups excluding carboxylic acids is 2.